The van der Waals surface area contributed by atoms with Gasteiger partial charge in [-0.3, -0.25) is 0 Å². The summed E-state index contributed by atoms with van der Waals surface area (Å²) < 4.78 is 36.5. The molecule has 0 fully saturated rings. The molecule has 1 aromatic carbocycles. The third-order valence-corrected chi connectivity index (χ3v) is 1.59. The minimum Gasteiger partial charge on any atom is -0.507 e. The fraction of sp³-hybridized carbons (Fsp3) is 0.143. The van der Waals surface area contributed by atoms with Crippen molar-refractivity contribution in [3.63, 3.8) is 0 Å². The lowest BCUT2D eigenvalue weighted by molar-refractivity contribution is 0.147. The summed E-state index contributed by atoms with van der Waals surface area (Å²) in [5.41, 5.74) is -0.665. The van der Waals surface area contributed by atoms with Crippen LogP contribution >= 0.6 is 11.6 Å². The zero-order chi connectivity index (χ0) is 9.30. The summed E-state index contributed by atoms with van der Waals surface area (Å²) in [6.45, 7) is 0. The predicted octanol–water partition coefficient (Wildman–Crippen LogP) is 3.12. The first-order valence-electron chi connectivity index (χ1n) is 2.98. The number of halogens is 4. The minimum atomic E-state index is -2.86. The van der Waals surface area contributed by atoms with Crippen LogP contribution in [0.5, 0.6) is 5.75 Å². The normalized spacial score (nSPS) is 10.8. The molecular formula is C7H4ClF3O. The third kappa shape index (κ3) is 1.64. The van der Waals surface area contributed by atoms with Crippen LogP contribution in [0.2, 0.25) is 5.02 Å². The number of hydrogen-bond acceptors (Lipinski definition) is 1. The molecule has 66 valence electrons. The molecule has 0 heterocycles. The molecule has 1 N–H and O–H groups in total. The molecule has 1 aromatic rings. The lowest BCUT2D eigenvalue weighted by Crippen LogP contribution is -1.87. The van der Waals surface area contributed by atoms with Gasteiger partial charge in [-0.15, -0.1) is 0 Å². The Morgan fingerprint density at radius 1 is 1.33 bits per heavy atom. The third-order valence-electron chi connectivity index (χ3n) is 1.30. The van der Waals surface area contributed by atoms with Crippen LogP contribution in [-0.4, -0.2) is 5.11 Å². The summed E-state index contributed by atoms with van der Waals surface area (Å²) in [5, 5.41) is 8.38. The van der Waals surface area contributed by atoms with Gasteiger partial charge in [-0.25, -0.2) is 13.2 Å². The highest BCUT2D eigenvalue weighted by atomic mass is 35.5. The molecular weight excluding hydrogens is 193 g/mol. The highest BCUT2D eigenvalue weighted by Crippen LogP contribution is 2.32. The van der Waals surface area contributed by atoms with Crippen LogP contribution in [0, 0.1) is 5.82 Å². The van der Waals surface area contributed by atoms with Gasteiger partial charge < -0.3 is 5.11 Å². The molecule has 0 aliphatic rings. The fourth-order valence-electron chi connectivity index (χ4n) is 0.727. The summed E-state index contributed by atoms with van der Waals surface area (Å²) in [7, 11) is 0. The highest BCUT2D eigenvalue weighted by Gasteiger charge is 2.15. The second-order valence-electron chi connectivity index (χ2n) is 2.13. The molecule has 1 rings (SSSR count). The Morgan fingerprint density at radius 3 is 2.42 bits per heavy atom. The number of phenols is 1. The Morgan fingerprint density at radius 2 is 1.92 bits per heavy atom. The van der Waals surface area contributed by atoms with E-state index in [0.29, 0.717) is 12.1 Å². The number of hydrogen-bond donors (Lipinski definition) is 1. The van der Waals surface area contributed by atoms with Gasteiger partial charge in [0, 0.05) is 6.07 Å². The molecule has 0 aliphatic carbocycles. The van der Waals surface area contributed by atoms with E-state index in [0.717, 1.165) is 0 Å². The van der Waals surface area contributed by atoms with E-state index >= 15 is 0 Å². The Balaban J connectivity index is 3.23. The molecule has 12 heavy (non-hydrogen) atoms. The van der Waals surface area contributed by atoms with E-state index in [9.17, 15) is 13.2 Å². The molecule has 0 amide bonds. The molecule has 5 heteroatoms. The average molecular weight is 197 g/mol. The summed E-state index contributed by atoms with van der Waals surface area (Å²) >= 11 is 5.21. The van der Waals surface area contributed by atoms with Crippen molar-refractivity contribution in [3.05, 3.63) is 28.5 Å². The summed E-state index contributed by atoms with van der Waals surface area (Å²) in [5.74, 6) is -1.70. The molecule has 0 aromatic heterocycles. The van der Waals surface area contributed by atoms with E-state index in [4.69, 9.17) is 16.7 Å². The van der Waals surface area contributed by atoms with Crippen molar-refractivity contribution in [2.75, 3.05) is 0 Å². The zero-order valence-electron chi connectivity index (χ0n) is 5.69. The second-order valence-corrected chi connectivity index (χ2v) is 2.53. The van der Waals surface area contributed by atoms with E-state index in [2.05, 4.69) is 0 Å². The van der Waals surface area contributed by atoms with Crippen LogP contribution in [0.1, 0.15) is 12.0 Å². The lowest BCUT2D eigenvalue weighted by atomic mass is 10.2. The topological polar surface area (TPSA) is 20.2 Å². The maximum Gasteiger partial charge on any atom is 0.267 e. The Labute approximate surface area is 71.4 Å². The quantitative estimate of drug-likeness (QED) is 0.732. The van der Waals surface area contributed by atoms with Gasteiger partial charge in [0.15, 0.2) is 0 Å². The molecule has 0 bridgehead atoms. The summed E-state index contributed by atoms with van der Waals surface area (Å²) in [6, 6.07) is 1.26. The van der Waals surface area contributed by atoms with Crippen molar-refractivity contribution < 1.29 is 18.3 Å². The molecule has 0 spiro atoms. The van der Waals surface area contributed by atoms with Gasteiger partial charge in [-0.1, -0.05) is 11.6 Å². The first-order valence-corrected chi connectivity index (χ1v) is 3.36. The van der Waals surface area contributed by atoms with Gasteiger partial charge in [0.2, 0.25) is 0 Å². The van der Waals surface area contributed by atoms with Crippen molar-refractivity contribution in [2.24, 2.45) is 0 Å². The largest absolute Gasteiger partial charge is 0.507 e. The van der Waals surface area contributed by atoms with Gasteiger partial charge in [0.1, 0.15) is 11.6 Å². The van der Waals surface area contributed by atoms with Crippen molar-refractivity contribution in [2.45, 2.75) is 6.43 Å². The van der Waals surface area contributed by atoms with Crippen molar-refractivity contribution in [1.29, 1.82) is 0 Å². The maximum atomic E-state index is 12.5. The predicted molar refractivity (Wildman–Crippen MR) is 38.0 cm³/mol. The minimum absolute atomic E-state index is 0.428. The van der Waals surface area contributed by atoms with Gasteiger partial charge in [0.05, 0.1) is 10.6 Å². The van der Waals surface area contributed by atoms with Crippen molar-refractivity contribution >= 4 is 11.6 Å². The van der Waals surface area contributed by atoms with Crippen LogP contribution in [-0.2, 0) is 0 Å². The Bertz CT molecular complexity index is 301. The molecule has 1 nitrogen and oxygen atoms in total. The van der Waals surface area contributed by atoms with Gasteiger partial charge in [0.25, 0.3) is 6.43 Å². The summed E-state index contributed by atoms with van der Waals surface area (Å²) in [4.78, 5) is 0. The SMILES string of the molecule is Oc1cc(F)c(Cl)cc1C(F)F. The van der Waals surface area contributed by atoms with Crippen LogP contribution in [0.4, 0.5) is 13.2 Å². The number of alkyl halides is 2. The maximum absolute atomic E-state index is 12.5. The first-order chi connectivity index (χ1) is 5.52. The summed E-state index contributed by atoms with van der Waals surface area (Å²) in [6.07, 6.45) is -2.86. The van der Waals surface area contributed by atoms with Crippen LogP contribution in [0.25, 0.3) is 0 Å². The van der Waals surface area contributed by atoms with Gasteiger partial charge >= 0.3 is 0 Å². The average Bonchev–Trinajstić information content (AvgIpc) is 1.96. The van der Waals surface area contributed by atoms with Gasteiger partial charge in [-0.05, 0) is 6.07 Å². The van der Waals surface area contributed by atoms with E-state index in [1.807, 2.05) is 0 Å². The number of rotatable bonds is 1. The lowest BCUT2D eigenvalue weighted by Gasteiger charge is -2.03. The van der Waals surface area contributed by atoms with E-state index in [-0.39, 0.29) is 0 Å². The molecule has 0 saturated carbocycles. The van der Waals surface area contributed by atoms with Crippen LogP contribution in [0.15, 0.2) is 12.1 Å². The van der Waals surface area contributed by atoms with Crippen molar-refractivity contribution in [1.82, 2.24) is 0 Å². The molecule has 0 unspecified atom stereocenters. The second kappa shape index (κ2) is 3.23. The molecule has 0 radical (unpaired) electrons. The Hall–Kier alpha value is -0.900. The smallest absolute Gasteiger partial charge is 0.267 e. The van der Waals surface area contributed by atoms with Gasteiger partial charge in [-0.2, -0.15) is 0 Å². The standard InChI is InChI=1S/C7H4ClF3O/c8-4-1-3(7(10)11)6(12)2-5(4)9/h1-2,7,12H. The molecule has 0 saturated heterocycles. The monoisotopic (exact) mass is 196 g/mol. The first kappa shape index (κ1) is 9.19. The van der Waals surface area contributed by atoms with E-state index < -0.39 is 28.6 Å². The highest BCUT2D eigenvalue weighted by molar-refractivity contribution is 6.30. The Kier molecular flexibility index (Phi) is 2.47. The van der Waals surface area contributed by atoms with Crippen LogP contribution in [0.3, 0.4) is 0 Å². The zero-order valence-corrected chi connectivity index (χ0v) is 6.45. The fourth-order valence-corrected chi connectivity index (χ4v) is 0.899. The van der Waals surface area contributed by atoms with E-state index in [1.165, 1.54) is 0 Å². The number of aromatic hydroxyl groups is 1. The molecule has 0 atom stereocenters. The van der Waals surface area contributed by atoms with E-state index in [1.54, 1.807) is 0 Å². The van der Waals surface area contributed by atoms with Crippen molar-refractivity contribution in [3.8, 4) is 5.75 Å². The molecule has 0 aliphatic heterocycles. The number of phenolic OH excluding ortho intramolecular Hbond substituents is 1. The number of benzene rings is 1. The van der Waals surface area contributed by atoms with Crippen LogP contribution < -0.4 is 0 Å².